The minimum absolute atomic E-state index is 0.0437. The number of thioether (sulfide) groups is 1. The molecular formula is C34H34FN3O2S. The maximum Gasteiger partial charge on any atom is 0.162 e. The zero-order chi connectivity index (χ0) is 29.5. The number of nitrogens with two attached hydrogens (primary N) is 1. The van der Waals surface area contributed by atoms with Crippen LogP contribution in [0.4, 0.5) is 10.1 Å². The molecule has 1 unspecified atom stereocenters. The Morgan fingerprint density at radius 2 is 1.76 bits per heavy atom. The molecule has 2 aliphatic rings. The molecule has 0 amide bonds. The first kappa shape index (κ1) is 28.5. The summed E-state index contributed by atoms with van der Waals surface area (Å²) in [5, 5.41) is 10.5. The lowest BCUT2D eigenvalue weighted by Gasteiger charge is -2.44. The summed E-state index contributed by atoms with van der Waals surface area (Å²) >= 11 is 1.62. The smallest absolute Gasteiger partial charge is 0.162 e. The fourth-order valence-electron chi connectivity index (χ4n) is 5.92. The number of hydrogen-bond donors (Lipinski definition) is 1. The van der Waals surface area contributed by atoms with Crippen molar-refractivity contribution in [3.63, 3.8) is 0 Å². The molecule has 1 aliphatic carbocycles. The third kappa shape index (κ3) is 5.49. The van der Waals surface area contributed by atoms with Gasteiger partial charge in [0.1, 0.15) is 17.4 Å². The van der Waals surface area contributed by atoms with Crippen molar-refractivity contribution in [2.75, 3.05) is 12.0 Å². The number of methoxy groups -OCH3 is 1. The van der Waals surface area contributed by atoms with E-state index in [-0.39, 0.29) is 17.0 Å². The number of nitrogens with zero attached hydrogens (tertiary/aromatic N) is 2. The number of hydrogen-bond acceptors (Lipinski definition) is 6. The predicted octanol–water partition coefficient (Wildman–Crippen LogP) is 7.68. The second-order valence-electron chi connectivity index (χ2n) is 11.6. The van der Waals surface area contributed by atoms with Crippen LogP contribution in [0.5, 0.6) is 5.75 Å². The zero-order valence-corrected chi connectivity index (χ0v) is 24.9. The van der Waals surface area contributed by atoms with Gasteiger partial charge in [0.15, 0.2) is 5.78 Å². The lowest BCUT2D eigenvalue weighted by atomic mass is 9.68. The molecule has 0 bridgehead atoms. The molecule has 0 spiro atoms. The van der Waals surface area contributed by atoms with Gasteiger partial charge in [-0.3, -0.25) is 9.69 Å². The Hall–Kier alpha value is -4.02. The average Bonchev–Trinajstić information content (AvgIpc) is 2.92. The highest BCUT2D eigenvalue weighted by Crippen LogP contribution is 2.51. The van der Waals surface area contributed by atoms with Gasteiger partial charge in [0.2, 0.25) is 0 Å². The van der Waals surface area contributed by atoms with E-state index < -0.39 is 5.92 Å². The summed E-state index contributed by atoms with van der Waals surface area (Å²) in [5.41, 5.74) is 13.4. The van der Waals surface area contributed by atoms with Crippen LogP contribution in [0.25, 0.3) is 0 Å². The molecule has 7 heteroatoms. The number of anilines is 1. The van der Waals surface area contributed by atoms with E-state index in [2.05, 4.69) is 39.0 Å². The van der Waals surface area contributed by atoms with Gasteiger partial charge in [-0.25, -0.2) is 4.39 Å². The third-order valence-electron chi connectivity index (χ3n) is 7.96. The van der Waals surface area contributed by atoms with E-state index in [9.17, 15) is 14.4 Å². The molecule has 3 aromatic carbocycles. The second kappa shape index (κ2) is 11.1. The van der Waals surface area contributed by atoms with E-state index in [1.807, 2.05) is 36.1 Å². The fraction of sp³-hybridized carbons (Fsp3) is 0.294. The Labute approximate surface area is 245 Å². The molecule has 0 saturated heterocycles. The second-order valence-corrected chi connectivity index (χ2v) is 12.6. The summed E-state index contributed by atoms with van der Waals surface area (Å²) in [4.78, 5) is 16.8. The number of benzene rings is 3. The van der Waals surface area contributed by atoms with Crippen molar-refractivity contribution in [1.82, 2.24) is 0 Å². The Morgan fingerprint density at radius 1 is 1.07 bits per heavy atom. The predicted molar refractivity (Wildman–Crippen MR) is 162 cm³/mol. The third-order valence-corrected chi connectivity index (χ3v) is 9.02. The van der Waals surface area contributed by atoms with E-state index in [4.69, 9.17) is 10.5 Å². The van der Waals surface area contributed by atoms with Crippen molar-refractivity contribution >= 4 is 23.2 Å². The first-order chi connectivity index (χ1) is 19.5. The van der Waals surface area contributed by atoms with Crippen LogP contribution >= 0.6 is 11.8 Å². The molecular weight excluding hydrogens is 533 g/mol. The van der Waals surface area contributed by atoms with Crippen LogP contribution in [-0.2, 0) is 10.5 Å². The number of carbonyl (C=O) groups excluding carboxylic acids is 1. The molecule has 1 heterocycles. The van der Waals surface area contributed by atoms with Crippen LogP contribution in [0, 0.1) is 36.4 Å². The van der Waals surface area contributed by atoms with Gasteiger partial charge in [0, 0.05) is 34.0 Å². The molecule has 3 aromatic rings. The highest BCUT2D eigenvalue weighted by Gasteiger charge is 2.45. The molecule has 0 saturated carbocycles. The molecule has 5 rings (SSSR count). The number of carbonyl (C=O) groups is 1. The van der Waals surface area contributed by atoms with Gasteiger partial charge >= 0.3 is 0 Å². The summed E-state index contributed by atoms with van der Waals surface area (Å²) in [7, 11) is 1.61. The number of allylic oxidation sites excluding steroid dienone is 3. The normalized spacial score (nSPS) is 18.3. The zero-order valence-electron chi connectivity index (χ0n) is 24.0. The van der Waals surface area contributed by atoms with Gasteiger partial charge in [0.25, 0.3) is 0 Å². The molecule has 0 radical (unpaired) electrons. The SMILES string of the molecule is COc1ccc(N2C(N)=C(C#N)C(c3cc(CSc4ccc(F)cc4)c(C)cc3C)C3=C2CC(C)(C)CC3=O)cc1. The number of Topliss-reactive ketones (excluding diaryl/α,β-unsaturated/α-hetero) is 1. The average molecular weight is 568 g/mol. The maximum absolute atomic E-state index is 14.0. The van der Waals surface area contributed by atoms with Gasteiger partial charge in [-0.15, -0.1) is 11.8 Å². The lowest BCUT2D eigenvalue weighted by Crippen LogP contribution is -2.42. The van der Waals surface area contributed by atoms with Gasteiger partial charge in [0.05, 0.1) is 24.7 Å². The quantitative estimate of drug-likeness (QED) is 0.308. The van der Waals surface area contributed by atoms with Crippen molar-refractivity contribution in [3.05, 3.63) is 111 Å². The van der Waals surface area contributed by atoms with Crippen molar-refractivity contribution < 1.29 is 13.9 Å². The van der Waals surface area contributed by atoms with E-state index in [1.54, 1.807) is 31.0 Å². The standard InChI is InChI=1S/C34H34FN3O2S/c1-20-14-21(2)27(15-22(20)19-41-26-12-6-23(35)7-13-26)31-28(18-36)33(37)38(24-8-10-25(40-5)11-9-24)29-16-34(3,4)17-30(39)32(29)31/h6-15,31H,16-17,19,37H2,1-5H3. The summed E-state index contributed by atoms with van der Waals surface area (Å²) in [5.74, 6) is 0.951. The fourth-order valence-corrected chi connectivity index (χ4v) is 6.88. The van der Waals surface area contributed by atoms with Crippen molar-refractivity contribution in [1.29, 1.82) is 5.26 Å². The highest BCUT2D eigenvalue weighted by molar-refractivity contribution is 7.98. The minimum atomic E-state index is -0.553. The largest absolute Gasteiger partial charge is 0.497 e. The van der Waals surface area contributed by atoms with Gasteiger partial charge in [-0.05, 0) is 96.5 Å². The maximum atomic E-state index is 14.0. The summed E-state index contributed by atoms with van der Waals surface area (Å²) in [6.07, 6.45) is 1.05. The van der Waals surface area contributed by atoms with Crippen LogP contribution < -0.4 is 15.4 Å². The van der Waals surface area contributed by atoms with Crippen molar-refractivity contribution in [3.8, 4) is 11.8 Å². The Morgan fingerprint density at radius 3 is 2.39 bits per heavy atom. The summed E-state index contributed by atoms with van der Waals surface area (Å²) < 4.78 is 18.8. The molecule has 41 heavy (non-hydrogen) atoms. The first-order valence-electron chi connectivity index (χ1n) is 13.6. The lowest BCUT2D eigenvalue weighted by molar-refractivity contribution is -0.118. The van der Waals surface area contributed by atoms with E-state index >= 15 is 0 Å². The van der Waals surface area contributed by atoms with Crippen molar-refractivity contribution in [2.45, 2.75) is 57.1 Å². The Bertz CT molecular complexity index is 1620. The molecule has 2 N–H and O–H groups in total. The summed E-state index contributed by atoms with van der Waals surface area (Å²) in [6, 6.07) is 20.6. The minimum Gasteiger partial charge on any atom is -0.497 e. The molecule has 0 aromatic heterocycles. The molecule has 0 fully saturated rings. The Kier molecular flexibility index (Phi) is 7.72. The van der Waals surface area contributed by atoms with Crippen LogP contribution in [0.15, 0.2) is 88.2 Å². The number of nitriles is 1. The number of aryl methyl sites for hydroxylation is 2. The molecule has 1 aliphatic heterocycles. The first-order valence-corrected chi connectivity index (χ1v) is 14.6. The van der Waals surface area contributed by atoms with Crippen LogP contribution in [0.2, 0.25) is 0 Å². The highest BCUT2D eigenvalue weighted by atomic mass is 32.2. The van der Waals surface area contributed by atoms with Gasteiger partial charge in [-0.2, -0.15) is 5.26 Å². The van der Waals surface area contributed by atoms with E-state index in [0.717, 1.165) is 38.5 Å². The topological polar surface area (TPSA) is 79.3 Å². The molecule has 1 atom stereocenters. The Balaban J connectivity index is 1.64. The summed E-state index contributed by atoms with van der Waals surface area (Å²) in [6.45, 7) is 8.28. The van der Waals surface area contributed by atoms with Crippen LogP contribution in [0.3, 0.4) is 0 Å². The van der Waals surface area contributed by atoms with Gasteiger partial charge < -0.3 is 10.5 Å². The van der Waals surface area contributed by atoms with Crippen molar-refractivity contribution in [2.24, 2.45) is 11.1 Å². The van der Waals surface area contributed by atoms with Crippen LogP contribution in [-0.4, -0.2) is 12.9 Å². The monoisotopic (exact) mass is 567 g/mol. The van der Waals surface area contributed by atoms with Gasteiger partial charge in [-0.1, -0.05) is 26.0 Å². The van der Waals surface area contributed by atoms with Crippen LogP contribution in [0.1, 0.15) is 54.9 Å². The molecule has 5 nitrogen and oxygen atoms in total. The number of ether oxygens (including phenoxy) is 1. The number of halogens is 1. The van der Waals surface area contributed by atoms with E-state index in [0.29, 0.717) is 41.3 Å². The molecule has 210 valence electrons. The van der Waals surface area contributed by atoms with E-state index in [1.165, 1.54) is 12.1 Å². The number of ketones is 1. The number of rotatable bonds is 6.